The number of hydrogen-bond donors (Lipinski definition) is 3. The summed E-state index contributed by atoms with van der Waals surface area (Å²) in [5, 5.41) is 7.48. The summed E-state index contributed by atoms with van der Waals surface area (Å²) in [6.45, 7) is 0.895. The zero-order valence-corrected chi connectivity index (χ0v) is 13.5. The number of anilines is 1. The summed E-state index contributed by atoms with van der Waals surface area (Å²) < 4.78 is 0. The molecule has 2 fully saturated rings. The molecule has 1 spiro atoms. The second kappa shape index (κ2) is 5.58. The molecule has 1 atom stereocenters. The molecule has 3 aliphatic heterocycles. The summed E-state index contributed by atoms with van der Waals surface area (Å²) in [5.74, 6) is -0.678. The first-order chi connectivity index (χ1) is 12.0. The van der Waals surface area contributed by atoms with E-state index in [4.69, 9.17) is 0 Å². The summed E-state index contributed by atoms with van der Waals surface area (Å²) >= 11 is 0. The van der Waals surface area contributed by atoms with E-state index < -0.39 is 23.4 Å². The lowest BCUT2D eigenvalue weighted by molar-refractivity contribution is -0.136. The summed E-state index contributed by atoms with van der Waals surface area (Å²) in [5.41, 5.74) is 1.26. The van der Waals surface area contributed by atoms with E-state index in [9.17, 15) is 19.2 Å². The number of carbonyl (C=O) groups excluding carboxylic acids is 4. The van der Waals surface area contributed by atoms with Crippen LogP contribution in [0.4, 0.5) is 10.5 Å². The molecule has 0 radical (unpaired) electrons. The van der Waals surface area contributed by atoms with Crippen LogP contribution in [0.5, 0.6) is 0 Å². The van der Waals surface area contributed by atoms with Crippen LogP contribution in [0.25, 0.3) is 0 Å². The van der Waals surface area contributed by atoms with Crippen LogP contribution in [-0.4, -0.2) is 47.8 Å². The van der Waals surface area contributed by atoms with Crippen LogP contribution in [0, 0.1) is 0 Å². The molecule has 8 nitrogen and oxygen atoms in total. The fourth-order valence-electron chi connectivity index (χ4n) is 3.91. The zero-order valence-electron chi connectivity index (χ0n) is 13.5. The highest BCUT2D eigenvalue weighted by molar-refractivity contribution is 6.07. The van der Waals surface area contributed by atoms with E-state index in [1.165, 1.54) is 0 Å². The van der Waals surface area contributed by atoms with Gasteiger partial charge < -0.3 is 15.5 Å². The Hall–Kier alpha value is -2.90. The molecule has 5 amide bonds. The summed E-state index contributed by atoms with van der Waals surface area (Å²) in [7, 11) is 0. The maximum absolute atomic E-state index is 12.5. The van der Waals surface area contributed by atoms with Crippen molar-refractivity contribution in [1.82, 2.24) is 15.5 Å². The Labute approximate surface area is 143 Å². The first-order valence-electron chi connectivity index (χ1n) is 8.30. The minimum Gasteiger partial charge on any atom is -0.343 e. The number of piperidine rings is 1. The third kappa shape index (κ3) is 2.45. The van der Waals surface area contributed by atoms with Gasteiger partial charge in [-0.1, -0.05) is 18.2 Å². The normalized spacial score (nSPS) is 23.9. The molecule has 1 unspecified atom stereocenters. The number of rotatable bonds is 2. The lowest BCUT2D eigenvalue weighted by atomic mass is 9.73. The Morgan fingerprint density at radius 2 is 1.84 bits per heavy atom. The Kier molecular flexibility index (Phi) is 3.48. The molecule has 4 rings (SSSR count). The SMILES string of the molecule is O=C1NC(=O)C(CC(=O)N2CCC3(CC2)C(=O)Nc2ccccc23)N1. The van der Waals surface area contributed by atoms with Crippen LogP contribution in [-0.2, 0) is 19.8 Å². The van der Waals surface area contributed by atoms with Gasteiger partial charge in [0.25, 0.3) is 5.91 Å². The quantitative estimate of drug-likeness (QED) is 0.662. The number of likely N-dealkylation sites (tertiary alicyclic amines) is 1. The predicted molar refractivity (Wildman–Crippen MR) is 87.6 cm³/mol. The van der Waals surface area contributed by atoms with Crippen LogP contribution in [0.2, 0.25) is 0 Å². The van der Waals surface area contributed by atoms with E-state index >= 15 is 0 Å². The van der Waals surface area contributed by atoms with Gasteiger partial charge in [-0.25, -0.2) is 4.79 Å². The lowest BCUT2D eigenvalue weighted by Crippen LogP contribution is -2.49. The first-order valence-corrected chi connectivity index (χ1v) is 8.30. The molecule has 1 aromatic carbocycles. The van der Waals surface area contributed by atoms with Gasteiger partial charge in [-0.15, -0.1) is 0 Å². The van der Waals surface area contributed by atoms with Crippen molar-refractivity contribution in [2.24, 2.45) is 0 Å². The summed E-state index contributed by atoms with van der Waals surface area (Å²) in [6.07, 6.45) is 1.03. The van der Waals surface area contributed by atoms with E-state index in [2.05, 4.69) is 16.0 Å². The number of para-hydroxylation sites is 1. The minimum atomic E-state index is -0.814. The van der Waals surface area contributed by atoms with Crippen LogP contribution in [0.15, 0.2) is 24.3 Å². The number of benzene rings is 1. The van der Waals surface area contributed by atoms with Crippen molar-refractivity contribution in [1.29, 1.82) is 0 Å². The van der Waals surface area contributed by atoms with Crippen molar-refractivity contribution >= 4 is 29.4 Å². The molecule has 8 heteroatoms. The Bertz CT molecular complexity index is 783. The van der Waals surface area contributed by atoms with Gasteiger partial charge in [0.15, 0.2) is 0 Å². The predicted octanol–water partition coefficient (Wildman–Crippen LogP) is 0.0970. The van der Waals surface area contributed by atoms with E-state index in [1.54, 1.807) is 4.90 Å². The summed E-state index contributed by atoms with van der Waals surface area (Å²) in [6, 6.07) is 6.27. The second-order valence-electron chi connectivity index (χ2n) is 6.68. The molecule has 2 saturated heterocycles. The maximum atomic E-state index is 12.5. The molecular weight excluding hydrogens is 324 g/mol. The van der Waals surface area contributed by atoms with Gasteiger partial charge in [-0.2, -0.15) is 0 Å². The topological polar surface area (TPSA) is 108 Å². The van der Waals surface area contributed by atoms with Gasteiger partial charge in [0, 0.05) is 18.8 Å². The number of imide groups is 1. The van der Waals surface area contributed by atoms with Gasteiger partial charge in [-0.3, -0.25) is 19.7 Å². The fourth-order valence-corrected chi connectivity index (χ4v) is 3.91. The molecule has 0 bridgehead atoms. The van der Waals surface area contributed by atoms with E-state index in [-0.39, 0.29) is 18.2 Å². The number of amides is 5. The molecule has 25 heavy (non-hydrogen) atoms. The van der Waals surface area contributed by atoms with Crippen molar-refractivity contribution in [3.05, 3.63) is 29.8 Å². The molecule has 0 saturated carbocycles. The number of nitrogens with one attached hydrogen (secondary N) is 3. The largest absolute Gasteiger partial charge is 0.343 e. The summed E-state index contributed by atoms with van der Waals surface area (Å²) in [4.78, 5) is 49.3. The van der Waals surface area contributed by atoms with Crippen LogP contribution >= 0.6 is 0 Å². The van der Waals surface area contributed by atoms with Crippen molar-refractivity contribution in [2.75, 3.05) is 18.4 Å². The lowest BCUT2D eigenvalue weighted by Gasteiger charge is -2.38. The molecular formula is C17H18N4O4. The first kappa shape index (κ1) is 15.6. The second-order valence-corrected chi connectivity index (χ2v) is 6.68. The highest BCUT2D eigenvalue weighted by atomic mass is 16.2. The molecule has 1 aromatic rings. The van der Waals surface area contributed by atoms with Gasteiger partial charge >= 0.3 is 6.03 Å². The van der Waals surface area contributed by atoms with Crippen molar-refractivity contribution in [2.45, 2.75) is 30.7 Å². The number of urea groups is 1. The highest BCUT2D eigenvalue weighted by Crippen LogP contribution is 2.44. The molecule has 3 aliphatic rings. The number of carbonyl (C=O) groups is 4. The molecule has 0 aliphatic carbocycles. The Morgan fingerprint density at radius 1 is 1.12 bits per heavy atom. The van der Waals surface area contributed by atoms with Gasteiger partial charge in [0.2, 0.25) is 11.8 Å². The van der Waals surface area contributed by atoms with Gasteiger partial charge in [-0.05, 0) is 24.5 Å². The van der Waals surface area contributed by atoms with Crippen LogP contribution in [0.3, 0.4) is 0 Å². The maximum Gasteiger partial charge on any atom is 0.322 e. The highest BCUT2D eigenvalue weighted by Gasteiger charge is 2.49. The molecule has 0 aromatic heterocycles. The van der Waals surface area contributed by atoms with Crippen molar-refractivity contribution in [3.8, 4) is 0 Å². The Morgan fingerprint density at radius 3 is 2.52 bits per heavy atom. The zero-order chi connectivity index (χ0) is 17.6. The van der Waals surface area contributed by atoms with Gasteiger partial charge in [0.1, 0.15) is 6.04 Å². The van der Waals surface area contributed by atoms with Crippen LogP contribution in [0.1, 0.15) is 24.8 Å². The van der Waals surface area contributed by atoms with Crippen molar-refractivity contribution < 1.29 is 19.2 Å². The van der Waals surface area contributed by atoms with E-state index in [1.807, 2.05) is 24.3 Å². The minimum absolute atomic E-state index is 0.0109. The number of hydrogen-bond acceptors (Lipinski definition) is 4. The third-order valence-corrected chi connectivity index (χ3v) is 5.33. The third-order valence-electron chi connectivity index (χ3n) is 5.33. The standard InChI is InChI=1S/C17H18N4O4/c22-13(9-12-14(23)20-16(25)19-12)21-7-5-17(6-8-21)10-3-1-2-4-11(10)18-15(17)24/h1-4,12H,5-9H2,(H,18,24)(H2,19,20,23,25). The van der Waals surface area contributed by atoms with Crippen molar-refractivity contribution in [3.63, 3.8) is 0 Å². The average Bonchev–Trinajstić information content (AvgIpc) is 3.05. The Balaban J connectivity index is 1.43. The number of fused-ring (bicyclic) bond motifs is 2. The van der Waals surface area contributed by atoms with E-state index in [0.717, 1.165) is 11.3 Å². The van der Waals surface area contributed by atoms with Gasteiger partial charge in [0.05, 0.1) is 11.8 Å². The molecule has 130 valence electrons. The molecule has 3 heterocycles. The average molecular weight is 342 g/mol. The van der Waals surface area contributed by atoms with Crippen LogP contribution < -0.4 is 16.0 Å². The number of nitrogens with zero attached hydrogens (tertiary/aromatic N) is 1. The molecule has 3 N–H and O–H groups in total. The monoisotopic (exact) mass is 342 g/mol. The van der Waals surface area contributed by atoms with E-state index in [0.29, 0.717) is 25.9 Å². The fraction of sp³-hybridized carbons (Fsp3) is 0.412. The smallest absolute Gasteiger partial charge is 0.322 e.